The average molecular weight is 387 g/mol. The van der Waals surface area contributed by atoms with E-state index in [1.54, 1.807) is 0 Å². The van der Waals surface area contributed by atoms with Gasteiger partial charge in [-0.15, -0.1) is 11.5 Å². The summed E-state index contributed by atoms with van der Waals surface area (Å²) >= 11 is 0. The molecule has 0 spiro atoms. The molecule has 4 rings (SSSR count). The van der Waals surface area contributed by atoms with Gasteiger partial charge in [-0.2, -0.15) is 0 Å². The van der Waals surface area contributed by atoms with Crippen LogP contribution >= 0.6 is 0 Å². The van der Waals surface area contributed by atoms with Crippen molar-refractivity contribution in [2.24, 2.45) is 0 Å². The van der Waals surface area contributed by atoms with Gasteiger partial charge < -0.3 is 10.1 Å². The molecule has 6 heteroatoms. The van der Waals surface area contributed by atoms with E-state index in [4.69, 9.17) is 11.2 Å². The molecular weight excluding hydrogens is 362 g/mol. The fraction of sp³-hybridized carbons (Fsp3) is 0.348. The molecule has 0 aliphatic heterocycles. The Labute approximate surface area is 171 Å². The van der Waals surface area contributed by atoms with Crippen LogP contribution in [0.15, 0.2) is 54.6 Å². The smallest absolute Gasteiger partial charge is 0.178 e. The Morgan fingerprint density at radius 2 is 1.83 bits per heavy atom. The van der Waals surface area contributed by atoms with Gasteiger partial charge in [0.25, 0.3) is 0 Å². The largest absolute Gasteiger partial charge is 0.481 e. The summed E-state index contributed by atoms with van der Waals surface area (Å²) in [6, 6.07) is 18.2. The molecule has 1 atom stereocenters. The van der Waals surface area contributed by atoms with E-state index >= 15 is 0 Å². The zero-order valence-corrected chi connectivity index (χ0v) is 16.4. The van der Waals surface area contributed by atoms with Crippen LogP contribution in [0.25, 0.3) is 0 Å². The van der Waals surface area contributed by atoms with Gasteiger partial charge >= 0.3 is 0 Å². The maximum atomic E-state index is 5.52. The van der Waals surface area contributed by atoms with Crippen molar-refractivity contribution >= 4 is 5.69 Å². The number of terminal acetylenes is 1. The topological polar surface area (TPSA) is 64.9 Å². The van der Waals surface area contributed by atoms with Crippen LogP contribution < -0.4 is 10.1 Å². The molecule has 0 bridgehead atoms. The summed E-state index contributed by atoms with van der Waals surface area (Å²) in [5.41, 5.74) is 2.08. The molecule has 2 aromatic carbocycles. The van der Waals surface area contributed by atoms with Crippen molar-refractivity contribution < 1.29 is 4.74 Å². The molecule has 3 aromatic rings. The van der Waals surface area contributed by atoms with Crippen molar-refractivity contribution in [1.82, 2.24) is 20.2 Å². The Kier molecular flexibility index (Phi) is 6.06. The highest BCUT2D eigenvalue weighted by Crippen LogP contribution is 2.32. The summed E-state index contributed by atoms with van der Waals surface area (Å²) in [4.78, 5) is 0. The highest BCUT2D eigenvalue weighted by Gasteiger charge is 2.26. The standard InChI is InChI=1S/C23H25N5O/c1-2-17-29-21-15-13-18(14-16-21)22(24-19-9-5-3-6-10-19)23-25-26-27-28(23)20-11-7-4-8-12-20/h1,3,5-6,9-10,13-16,20,22,24H,4,7-8,11-12,17H2. The van der Waals surface area contributed by atoms with Gasteiger partial charge in [0.2, 0.25) is 0 Å². The SMILES string of the molecule is C#CCOc1ccc(C(Nc2ccccc2)c2nnnn2C2CCCCC2)cc1. The first-order valence-corrected chi connectivity index (χ1v) is 10.1. The molecule has 6 nitrogen and oxygen atoms in total. The maximum absolute atomic E-state index is 5.52. The minimum Gasteiger partial charge on any atom is -0.481 e. The fourth-order valence-electron chi connectivity index (χ4n) is 3.86. The lowest BCUT2D eigenvalue weighted by atomic mass is 9.95. The summed E-state index contributed by atoms with van der Waals surface area (Å²) < 4.78 is 7.53. The van der Waals surface area contributed by atoms with E-state index in [1.807, 2.05) is 59.3 Å². The Balaban J connectivity index is 1.66. The lowest BCUT2D eigenvalue weighted by Gasteiger charge is -2.26. The first-order valence-electron chi connectivity index (χ1n) is 10.1. The summed E-state index contributed by atoms with van der Waals surface area (Å²) in [5, 5.41) is 16.4. The molecule has 1 saturated carbocycles. The van der Waals surface area contributed by atoms with Gasteiger partial charge in [-0.3, -0.25) is 0 Å². The van der Waals surface area contributed by atoms with Gasteiger partial charge in [0, 0.05) is 5.69 Å². The number of benzene rings is 2. The van der Waals surface area contributed by atoms with E-state index < -0.39 is 0 Å². The molecule has 1 fully saturated rings. The van der Waals surface area contributed by atoms with Gasteiger partial charge in [0.15, 0.2) is 5.82 Å². The van der Waals surface area contributed by atoms with Crippen molar-refractivity contribution in [2.75, 3.05) is 11.9 Å². The number of hydrogen-bond donors (Lipinski definition) is 1. The summed E-state index contributed by atoms with van der Waals surface area (Å²) in [5.74, 6) is 4.07. The third-order valence-corrected chi connectivity index (χ3v) is 5.32. The highest BCUT2D eigenvalue weighted by molar-refractivity contribution is 5.47. The Morgan fingerprint density at radius 3 is 2.55 bits per heavy atom. The number of anilines is 1. The predicted octanol–water partition coefficient (Wildman–Crippen LogP) is 4.39. The van der Waals surface area contributed by atoms with Gasteiger partial charge in [-0.05, 0) is 53.1 Å². The predicted molar refractivity (Wildman–Crippen MR) is 113 cm³/mol. The van der Waals surface area contributed by atoms with Crippen LogP contribution in [0.4, 0.5) is 5.69 Å². The first-order chi connectivity index (χ1) is 14.3. The van der Waals surface area contributed by atoms with Crippen molar-refractivity contribution in [3.8, 4) is 18.1 Å². The van der Waals surface area contributed by atoms with Gasteiger partial charge in [0.05, 0.1) is 6.04 Å². The number of aromatic nitrogens is 4. The van der Waals surface area contributed by atoms with Crippen molar-refractivity contribution in [1.29, 1.82) is 0 Å². The molecule has 29 heavy (non-hydrogen) atoms. The van der Waals surface area contributed by atoms with E-state index in [0.717, 1.165) is 35.7 Å². The Hall–Kier alpha value is -3.33. The number of nitrogens with one attached hydrogen (secondary N) is 1. The maximum Gasteiger partial charge on any atom is 0.178 e. The molecule has 1 aliphatic carbocycles. The molecule has 0 radical (unpaired) electrons. The van der Waals surface area contributed by atoms with Crippen LogP contribution in [0.3, 0.4) is 0 Å². The van der Waals surface area contributed by atoms with E-state index in [0.29, 0.717) is 6.04 Å². The normalized spacial score (nSPS) is 15.4. The fourth-order valence-corrected chi connectivity index (χ4v) is 3.86. The van der Waals surface area contributed by atoms with Gasteiger partial charge in [-0.25, -0.2) is 4.68 Å². The molecule has 1 aromatic heterocycles. The molecule has 1 N–H and O–H groups in total. The second-order valence-corrected chi connectivity index (χ2v) is 7.28. The Morgan fingerprint density at radius 1 is 1.07 bits per heavy atom. The zero-order valence-electron chi connectivity index (χ0n) is 16.4. The number of rotatable bonds is 7. The lowest BCUT2D eigenvalue weighted by Crippen LogP contribution is -2.23. The first kappa shape index (κ1) is 19.0. The molecule has 1 unspecified atom stereocenters. The van der Waals surface area contributed by atoms with Crippen LogP contribution in [0.1, 0.15) is 55.6 Å². The van der Waals surface area contributed by atoms with E-state index in [2.05, 4.69) is 26.8 Å². The second kappa shape index (κ2) is 9.24. The average Bonchev–Trinajstić information content (AvgIpc) is 3.27. The van der Waals surface area contributed by atoms with Crippen LogP contribution in [0.5, 0.6) is 5.75 Å². The van der Waals surface area contributed by atoms with Crippen LogP contribution in [0, 0.1) is 12.3 Å². The lowest BCUT2D eigenvalue weighted by molar-refractivity contribution is 0.315. The minimum atomic E-state index is -0.170. The summed E-state index contributed by atoms with van der Waals surface area (Å²) in [6.07, 6.45) is 11.3. The zero-order chi connectivity index (χ0) is 19.9. The number of tetrazole rings is 1. The van der Waals surface area contributed by atoms with Crippen LogP contribution in [-0.2, 0) is 0 Å². The second-order valence-electron chi connectivity index (χ2n) is 7.28. The molecule has 0 amide bonds. The quantitative estimate of drug-likeness (QED) is 0.609. The van der Waals surface area contributed by atoms with Crippen molar-refractivity contribution in [3.05, 3.63) is 66.0 Å². The summed E-state index contributed by atoms with van der Waals surface area (Å²) in [7, 11) is 0. The number of para-hydroxylation sites is 1. The molecule has 0 saturated heterocycles. The molecular formula is C23H25N5O. The number of ether oxygens (including phenoxy) is 1. The van der Waals surface area contributed by atoms with Crippen LogP contribution in [0.2, 0.25) is 0 Å². The molecule has 1 heterocycles. The number of nitrogens with zero attached hydrogens (tertiary/aromatic N) is 4. The number of hydrogen-bond acceptors (Lipinski definition) is 5. The van der Waals surface area contributed by atoms with Crippen molar-refractivity contribution in [3.63, 3.8) is 0 Å². The van der Waals surface area contributed by atoms with E-state index in [1.165, 1.54) is 19.3 Å². The highest BCUT2D eigenvalue weighted by atomic mass is 16.5. The van der Waals surface area contributed by atoms with Gasteiger partial charge in [-0.1, -0.05) is 55.5 Å². The monoisotopic (exact) mass is 387 g/mol. The van der Waals surface area contributed by atoms with Crippen LogP contribution in [-0.4, -0.2) is 26.8 Å². The third-order valence-electron chi connectivity index (χ3n) is 5.32. The third kappa shape index (κ3) is 4.57. The molecule has 148 valence electrons. The Bertz CT molecular complexity index is 939. The van der Waals surface area contributed by atoms with E-state index in [-0.39, 0.29) is 12.6 Å². The van der Waals surface area contributed by atoms with Gasteiger partial charge in [0.1, 0.15) is 18.4 Å². The summed E-state index contributed by atoms with van der Waals surface area (Å²) in [6.45, 7) is 0.255. The molecule has 1 aliphatic rings. The minimum absolute atomic E-state index is 0.170. The van der Waals surface area contributed by atoms with Crippen molar-refractivity contribution in [2.45, 2.75) is 44.2 Å². The van der Waals surface area contributed by atoms with E-state index in [9.17, 15) is 0 Å².